The summed E-state index contributed by atoms with van der Waals surface area (Å²) in [6, 6.07) is 12.4. The lowest BCUT2D eigenvalue weighted by Gasteiger charge is -2.43. The number of benzene rings is 2. The van der Waals surface area contributed by atoms with E-state index in [0.29, 0.717) is 10.1 Å². The number of nitro benzene ring substituents is 1. The molecule has 1 heterocycles. The van der Waals surface area contributed by atoms with Crippen molar-refractivity contribution in [3.8, 4) is 0 Å². The molecule has 4 rings (SSSR count). The molecular weight excluding hydrogens is 470 g/mol. The van der Waals surface area contributed by atoms with E-state index in [1.54, 1.807) is 23.7 Å². The Bertz CT molecular complexity index is 1130. The van der Waals surface area contributed by atoms with E-state index in [0.717, 1.165) is 41.1 Å². The number of hydrogen-bond donors (Lipinski definition) is 1. The number of nitrogens with one attached hydrogen (secondary N) is 1. The van der Waals surface area contributed by atoms with Gasteiger partial charge in [0.2, 0.25) is 0 Å². The molecule has 1 aromatic heterocycles. The quantitative estimate of drug-likeness (QED) is 0.406. The molecule has 0 spiro atoms. The molecular formula is C20H18BrN5O3S. The zero-order valence-electron chi connectivity index (χ0n) is 16.0. The van der Waals surface area contributed by atoms with Crippen molar-refractivity contribution in [1.82, 2.24) is 20.1 Å². The number of carbonyl (C=O) groups is 1. The Kier molecular flexibility index (Phi) is 5.61. The molecule has 154 valence electrons. The van der Waals surface area contributed by atoms with Gasteiger partial charge in [-0.2, -0.15) is 0 Å². The highest BCUT2D eigenvalue weighted by Crippen LogP contribution is 2.42. The van der Waals surface area contributed by atoms with Gasteiger partial charge in [0.25, 0.3) is 11.6 Å². The zero-order chi connectivity index (χ0) is 21.3. The van der Waals surface area contributed by atoms with Crippen molar-refractivity contribution >= 4 is 39.3 Å². The molecule has 0 saturated heterocycles. The van der Waals surface area contributed by atoms with Crippen molar-refractivity contribution in [2.24, 2.45) is 7.05 Å². The number of carbonyl (C=O) groups excluding carboxylic acids is 1. The van der Waals surface area contributed by atoms with Crippen LogP contribution in [0.5, 0.6) is 0 Å². The Labute approximate surface area is 185 Å². The Morgan fingerprint density at radius 3 is 2.70 bits per heavy atom. The number of aryl methyl sites for hydroxylation is 1. The van der Waals surface area contributed by atoms with Crippen molar-refractivity contribution in [3.63, 3.8) is 0 Å². The third-order valence-corrected chi connectivity index (χ3v) is 6.84. The van der Waals surface area contributed by atoms with E-state index < -0.39 is 10.5 Å². The van der Waals surface area contributed by atoms with Crippen molar-refractivity contribution in [2.45, 2.75) is 34.9 Å². The maximum Gasteiger partial charge on any atom is 0.284 e. The van der Waals surface area contributed by atoms with Gasteiger partial charge < -0.3 is 9.88 Å². The van der Waals surface area contributed by atoms with Crippen molar-refractivity contribution in [2.75, 3.05) is 0 Å². The Hall–Kier alpha value is -2.72. The number of hydrogen-bond acceptors (Lipinski definition) is 6. The summed E-state index contributed by atoms with van der Waals surface area (Å²) >= 11 is 4.61. The second-order valence-electron chi connectivity index (χ2n) is 7.17. The molecule has 1 saturated carbocycles. The summed E-state index contributed by atoms with van der Waals surface area (Å²) in [5.74, 6) is -0.326. The van der Waals surface area contributed by atoms with E-state index in [4.69, 9.17) is 0 Å². The monoisotopic (exact) mass is 487 g/mol. The van der Waals surface area contributed by atoms with Gasteiger partial charge in [0.1, 0.15) is 6.33 Å². The molecule has 3 aromatic rings. The van der Waals surface area contributed by atoms with E-state index in [1.165, 1.54) is 12.4 Å². The minimum Gasteiger partial charge on any atom is -0.343 e. The van der Waals surface area contributed by atoms with Gasteiger partial charge in [0, 0.05) is 23.2 Å². The summed E-state index contributed by atoms with van der Waals surface area (Å²) in [5.41, 5.74) is 0.702. The fourth-order valence-corrected chi connectivity index (χ4v) is 4.69. The van der Waals surface area contributed by atoms with Crippen molar-refractivity contribution in [3.05, 3.63) is 74.5 Å². The number of halogens is 1. The SMILES string of the molecule is Cn1cnnc1Sc1ccc(C(=O)NC2(c3cccc(Br)c3)CCC2)cc1[N+](=O)[O-]. The molecule has 1 aliphatic rings. The van der Waals surface area contributed by atoms with Crippen LogP contribution < -0.4 is 5.32 Å². The molecule has 8 nitrogen and oxygen atoms in total. The molecule has 1 fully saturated rings. The molecule has 2 aromatic carbocycles. The second-order valence-corrected chi connectivity index (χ2v) is 9.09. The van der Waals surface area contributed by atoms with Crippen LogP contribution in [0.4, 0.5) is 5.69 Å². The minimum absolute atomic E-state index is 0.138. The van der Waals surface area contributed by atoms with Crippen LogP contribution in [-0.4, -0.2) is 25.6 Å². The first-order valence-corrected chi connectivity index (χ1v) is 10.9. The zero-order valence-corrected chi connectivity index (χ0v) is 18.4. The molecule has 0 radical (unpaired) electrons. The van der Waals surface area contributed by atoms with Crippen LogP contribution in [0, 0.1) is 10.1 Å². The maximum atomic E-state index is 13.0. The highest BCUT2D eigenvalue weighted by molar-refractivity contribution is 9.10. The molecule has 1 aliphatic carbocycles. The summed E-state index contributed by atoms with van der Waals surface area (Å²) in [4.78, 5) is 24.5. The number of amides is 1. The lowest BCUT2D eigenvalue weighted by atomic mass is 9.71. The lowest BCUT2D eigenvalue weighted by Crippen LogP contribution is -2.50. The van der Waals surface area contributed by atoms with E-state index in [-0.39, 0.29) is 17.2 Å². The van der Waals surface area contributed by atoms with E-state index in [9.17, 15) is 14.9 Å². The Morgan fingerprint density at radius 1 is 1.30 bits per heavy atom. The molecule has 10 heteroatoms. The van der Waals surface area contributed by atoms with Gasteiger partial charge in [-0.3, -0.25) is 14.9 Å². The number of aromatic nitrogens is 3. The molecule has 0 aliphatic heterocycles. The average molecular weight is 488 g/mol. The van der Waals surface area contributed by atoms with Crippen LogP contribution in [0.2, 0.25) is 0 Å². The number of nitrogens with zero attached hydrogens (tertiary/aromatic N) is 4. The van der Waals surface area contributed by atoms with E-state index in [2.05, 4.69) is 31.4 Å². The largest absolute Gasteiger partial charge is 0.343 e. The maximum absolute atomic E-state index is 13.0. The fourth-order valence-electron chi connectivity index (χ4n) is 3.44. The van der Waals surface area contributed by atoms with Gasteiger partial charge in [-0.25, -0.2) is 0 Å². The highest BCUT2D eigenvalue weighted by atomic mass is 79.9. The van der Waals surface area contributed by atoms with Gasteiger partial charge in [0.15, 0.2) is 5.16 Å². The summed E-state index contributed by atoms with van der Waals surface area (Å²) in [6.45, 7) is 0. The van der Waals surface area contributed by atoms with Crippen molar-refractivity contribution in [1.29, 1.82) is 0 Å². The van der Waals surface area contributed by atoms with Gasteiger partial charge in [-0.05, 0) is 60.9 Å². The van der Waals surface area contributed by atoms with Crippen LogP contribution in [0.25, 0.3) is 0 Å². The molecule has 1 amide bonds. The summed E-state index contributed by atoms with van der Waals surface area (Å²) in [5, 5.41) is 23.0. The standard InChI is InChI=1S/C20H18BrN5O3S/c1-25-12-22-24-19(25)30-17-7-6-13(10-16(17)26(28)29)18(27)23-20(8-3-9-20)14-4-2-5-15(21)11-14/h2,4-7,10-12H,3,8-9H2,1H3,(H,23,27). The summed E-state index contributed by atoms with van der Waals surface area (Å²) < 4.78 is 2.62. The fraction of sp³-hybridized carbons (Fsp3) is 0.250. The molecule has 0 atom stereocenters. The normalized spacial score (nSPS) is 14.7. The van der Waals surface area contributed by atoms with Crippen LogP contribution in [0.3, 0.4) is 0 Å². The van der Waals surface area contributed by atoms with Crippen molar-refractivity contribution < 1.29 is 9.72 Å². The van der Waals surface area contributed by atoms with Crippen LogP contribution >= 0.6 is 27.7 Å². The topological polar surface area (TPSA) is 103 Å². The first kappa shape index (κ1) is 20.5. The van der Waals surface area contributed by atoms with Gasteiger partial charge >= 0.3 is 0 Å². The molecule has 0 bridgehead atoms. The number of rotatable bonds is 6. The average Bonchev–Trinajstić information content (AvgIpc) is 3.09. The summed E-state index contributed by atoms with van der Waals surface area (Å²) in [6.07, 6.45) is 4.20. The molecule has 1 N–H and O–H groups in total. The lowest BCUT2D eigenvalue weighted by molar-refractivity contribution is -0.387. The minimum atomic E-state index is -0.483. The Balaban J connectivity index is 1.60. The van der Waals surface area contributed by atoms with E-state index >= 15 is 0 Å². The predicted octanol–water partition coefficient (Wildman–Crippen LogP) is 4.45. The molecule has 30 heavy (non-hydrogen) atoms. The summed E-state index contributed by atoms with van der Waals surface area (Å²) in [7, 11) is 1.76. The van der Waals surface area contributed by atoms with E-state index in [1.807, 2.05) is 24.3 Å². The second kappa shape index (κ2) is 8.19. The van der Waals surface area contributed by atoms with Crippen LogP contribution in [0.15, 0.2) is 63.3 Å². The van der Waals surface area contributed by atoms with Gasteiger partial charge in [-0.1, -0.05) is 28.1 Å². The number of nitro groups is 1. The van der Waals surface area contributed by atoms with Crippen LogP contribution in [0.1, 0.15) is 35.2 Å². The Morgan fingerprint density at radius 2 is 2.10 bits per heavy atom. The first-order valence-electron chi connectivity index (χ1n) is 9.27. The van der Waals surface area contributed by atoms with Gasteiger partial charge in [-0.15, -0.1) is 10.2 Å². The third-order valence-electron chi connectivity index (χ3n) is 5.23. The smallest absolute Gasteiger partial charge is 0.284 e. The predicted molar refractivity (Wildman–Crippen MR) is 115 cm³/mol. The van der Waals surface area contributed by atoms with Crippen LogP contribution in [-0.2, 0) is 12.6 Å². The highest BCUT2D eigenvalue weighted by Gasteiger charge is 2.40. The first-order chi connectivity index (χ1) is 14.4. The third kappa shape index (κ3) is 3.97. The van der Waals surface area contributed by atoms with Gasteiger partial charge in [0.05, 0.1) is 15.4 Å². The molecule has 0 unspecified atom stereocenters.